The topological polar surface area (TPSA) is 61.0 Å². The van der Waals surface area contributed by atoms with Crippen LogP contribution in [0.1, 0.15) is 22.6 Å². The largest absolute Gasteiger partial charge is 0.318 e. The van der Waals surface area contributed by atoms with Crippen molar-refractivity contribution in [1.82, 2.24) is 13.9 Å². The van der Waals surface area contributed by atoms with Gasteiger partial charge in [0.1, 0.15) is 5.69 Å². The summed E-state index contributed by atoms with van der Waals surface area (Å²) < 4.78 is 5.43. The molecule has 0 atom stereocenters. The molecule has 0 unspecified atom stereocenters. The van der Waals surface area contributed by atoms with E-state index in [-0.39, 0.29) is 17.2 Å². The summed E-state index contributed by atoms with van der Waals surface area (Å²) in [6, 6.07) is 21.5. The Morgan fingerprint density at radius 2 is 1.47 bits per heavy atom. The van der Waals surface area contributed by atoms with Gasteiger partial charge in [0.25, 0.3) is 5.56 Å². The zero-order chi connectivity index (χ0) is 22.8. The second-order valence-corrected chi connectivity index (χ2v) is 7.76. The van der Waals surface area contributed by atoms with Gasteiger partial charge >= 0.3 is 0 Å². The smallest absolute Gasteiger partial charge is 0.295 e. The maximum atomic E-state index is 13.0. The van der Waals surface area contributed by atoms with E-state index in [1.807, 2.05) is 75.4 Å². The molecule has 1 amide bonds. The molecule has 2 aromatic carbocycles. The second kappa shape index (κ2) is 8.59. The molecule has 4 aromatic rings. The Morgan fingerprint density at radius 3 is 2.09 bits per heavy atom. The fraction of sp³-hybridized carbons (Fsp3) is 0.154. The van der Waals surface area contributed by atoms with Crippen LogP contribution in [0.3, 0.4) is 0 Å². The summed E-state index contributed by atoms with van der Waals surface area (Å²) in [4.78, 5) is 25.6. The standard InChI is InChI=1S/C26H26N4O2/c1-18-17-21(19(2)29(18)22-11-7-5-8-12-22)15-16-24(31)27-25-20(3)28(4)30(26(25)32)23-13-9-6-10-14-23/h5-17H,1-4H3,(H,27,31)/b16-15+. The van der Waals surface area contributed by atoms with Gasteiger partial charge in [-0.1, -0.05) is 36.4 Å². The highest BCUT2D eigenvalue weighted by Gasteiger charge is 2.17. The van der Waals surface area contributed by atoms with E-state index in [4.69, 9.17) is 0 Å². The normalized spacial score (nSPS) is 11.2. The molecule has 32 heavy (non-hydrogen) atoms. The molecule has 0 aliphatic carbocycles. The quantitative estimate of drug-likeness (QED) is 0.476. The van der Waals surface area contributed by atoms with Gasteiger partial charge in [-0.05, 0) is 62.7 Å². The summed E-state index contributed by atoms with van der Waals surface area (Å²) in [5.41, 5.74) is 5.59. The molecule has 4 rings (SSSR count). The van der Waals surface area contributed by atoms with Crippen molar-refractivity contribution in [3.05, 3.63) is 106 Å². The maximum absolute atomic E-state index is 13.0. The van der Waals surface area contributed by atoms with Crippen LogP contribution in [0.25, 0.3) is 17.5 Å². The molecule has 0 fully saturated rings. The van der Waals surface area contributed by atoms with Crippen LogP contribution in [-0.2, 0) is 11.8 Å². The lowest BCUT2D eigenvalue weighted by atomic mass is 10.2. The summed E-state index contributed by atoms with van der Waals surface area (Å²) in [7, 11) is 1.80. The zero-order valence-electron chi connectivity index (χ0n) is 18.7. The third-order valence-corrected chi connectivity index (χ3v) is 5.70. The Balaban J connectivity index is 1.59. The van der Waals surface area contributed by atoms with Crippen molar-refractivity contribution in [1.29, 1.82) is 0 Å². The van der Waals surface area contributed by atoms with Crippen molar-refractivity contribution in [3.8, 4) is 11.4 Å². The van der Waals surface area contributed by atoms with E-state index in [0.29, 0.717) is 5.69 Å². The van der Waals surface area contributed by atoms with Crippen LogP contribution < -0.4 is 10.9 Å². The number of para-hydroxylation sites is 2. The molecule has 6 heteroatoms. The fourth-order valence-electron chi connectivity index (χ4n) is 3.97. The van der Waals surface area contributed by atoms with E-state index in [2.05, 4.69) is 22.0 Å². The Kier molecular flexibility index (Phi) is 5.69. The first-order valence-electron chi connectivity index (χ1n) is 10.5. The highest BCUT2D eigenvalue weighted by molar-refractivity contribution is 6.02. The van der Waals surface area contributed by atoms with Crippen LogP contribution in [0.4, 0.5) is 5.69 Å². The monoisotopic (exact) mass is 426 g/mol. The number of hydrogen-bond acceptors (Lipinski definition) is 2. The van der Waals surface area contributed by atoms with Crippen LogP contribution in [0.5, 0.6) is 0 Å². The molecule has 2 heterocycles. The van der Waals surface area contributed by atoms with E-state index in [9.17, 15) is 9.59 Å². The summed E-state index contributed by atoms with van der Waals surface area (Å²) in [6.07, 6.45) is 3.25. The number of rotatable bonds is 5. The molecular weight excluding hydrogens is 400 g/mol. The molecule has 0 saturated heterocycles. The maximum Gasteiger partial charge on any atom is 0.295 e. The van der Waals surface area contributed by atoms with Gasteiger partial charge in [0.15, 0.2) is 0 Å². The second-order valence-electron chi connectivity index (χ2n) is 7.76. The number of nitrogens with one attached hydrogen (secondary N) is 1. The predicted molar refractivity (Wildman–Crippen MR) is 129 cm³/mol. The minimum Gasteiger partial charge on any atom is -0.318 e. The van der Waals surface area contributed by atoms with Gasteiger partial charge in [-0.25, -0.2) is 4.68 Å². The lowest BCUT2D eigenvalue weighted by molar-refractivity contribution is -0.111. The Labute approximate surface area is 187 Å². The number of carbonyl (C=O) groups is 1. The lowest BCUT2D eigenvalue weighted by Crippen LogP contribution is -2.22. The molecule has 0 aliphatic rings. The van der Waals surface area contributed by atoms with E-state index in [1.165, 1.54) is 6.08 Å². The highest BCUT2D eigenvalue weighted by atomic mass is 16.2. The summed E-state index contributed by atoms with van der Waals surface area (Å²) in [6.45, 7) is 5.88. The van der Waals surface area contributed by atoms with Crippen molar-refractivity contribution in [3.63, 3.8) is 0 Å². The molecule has 0 bridgehead atoms. The molecule has 0 aliphatic heterocycles. The summed E-state index contributed by atoms with van der Waals surface area (Å²) in [5, 5.41) is 2.77. The number of benzene rings is 2. The minimum atomic E-state index is -0.347. The van der Waals surface area contributed by atoms with Gasteiger partial charge in [-0.15, -0.1) is 0 Å². The van der Waals surface area contributed by atoms with Crippen LogP contribution in [0.2, 0.25) is 0 Å². The van der Waals surface area contributed by atoms with Crippen LogP contribution in [-0.4, -0.2) is 19.8 Å². The van der Waals surface area contributed by atoms with Crippen molar-refractivity contribution in [2.45, 2.75) is 20.8 Å². The number of carbonyl (C=O) groups excluding carboxylic acids is 1. The number of nitrogens with zero attached hydrogens (tertiary/aromatic N) is 3. The van der Waals surface area contributed by atoms with Crippen molar-refractivity contribution in [2.24, 2.45) is 7.05 Å². The number of aromatic nitrogens is 3. The molecule has 1 N–H and O–H groups in total. The van der Waals surface area contributed by atoms with Crippen molar-refractivity contribution in [2.75, 3.05) is 5.32 Å². The van der Waals surface area contributed by atoms with Gasteiger partial charge in [0.05, 0.1) is 11.4 Å². The van der Waals surface area contributed by atoms with Gasteiger partial charge in [-0.3, -0.25) is 14.3 Å². The van der Waals surface area contributed by atoms with E-state index in [0.717, 1.165) is 28.3 Å². The van der Waals surface area contributed by atoms with Crippen LogP contribution in [0.15, 0.2) is 77.6 Å². The SMILES string of the molecule is Cc1cc(/C=C/C(=O)Nc2c(C)n(C)n(-c3ccccc3)c2=O)c(C)n1-c1ccccc1. The average Bonchev–Trinajstić information content (AvgIpc) is 3.20. The molecule has 6 nitrogen and oxygen atoms in total. The van der Waals surface area contributed by atoms with Gasteiger partial charge in [-0.2, -0.15) is 0 Å². The summed E-state index contributed by atoms with van der Waals surface area (Å²) in [5.74, 6) is -0.347. The van der Waals surface area contributed by atoms with Crippen molar-refractivity contribution < 1.29 is 4.79 Å². The third kappa shape index (κ3) is 3.83. The highest BCUT2D eigenvalue weighted by Crippen LogP contribution is 2.22. The number of anilines is 1. The van der Waals surface area contributed by atoms with Gasteiger partial charge < -0.3 is 9.88 Å². The molecular formula is C26H26N4O2. The first-order valence-corrected chi connectivity index (χ1v) is 10.5. The Hall–Kier alpha value is -4.06. The minimum absolute atomic E-state index is 0.264. The van der Waals surface area contributed by atoms with Gasteiger partial charge in [0, 0.05) is 30.2 Å². The molecule has 0 saturated carbocycles. The number of amides is 1. The lowest BCUT2D eigenvalue weighted by Gasteiger charge is -2.09. The molecule has 162 valence electrons. The number of hydrogen-bond donors (Lipinski definition) is 1. The predicted octanol–water partition coefficient (Wildman–Crippen LogP) is 4.54. The first-order chi connectivity index (χ1) is 15.4. The first kappa shape index (κ1) is 21.2. The van der Waals surface area contributed by atoms with Crippen LogP contribution in [0, 0.1) is 20.8 Å². The van der Waals surface area contributed by atoms with Crippen LogP contribution >= 0.6 is 0 Å². The number of aryl methyl sites for hydroxylation is 1. The van der Waals surface area contributed by atoms with E-state index in [1.54, 1.807) is 22.5 Å². The molecule has 0 spiro atoms. The van der Waals surface area contributed by atoms with Gasteiger partial charge in [0.2, 0.25) is 5.91 Å². The Bertz CT molecular complexity index is 1360. The Morgan fingerprint density at radius 1 is 0.875 bits per heavy atom. The third-order valence-electron chi connectivity index (χ3n) is 5.70. The van der Waals surface area contributed by atoms with E-state index < -0.39 is 0 Å². The zero-order valence-corrected chi connectivity index (χ0v) is 18.7. The molecule has 2 aromatic heterocycles. The van der Waals surface area contributed by atoms with E-state index >= 15 is 0 Å². The summed E-state index contributed by atoms with van der Waals surface area (Å²) >= 11 is 0. The van der Waals surface area contributed by atoms with Crippen molar-refractivity contribution >= 4 is 17.7 Å². The molecule has 0 radical (unpaired) electrons. The average molecular weight is 427 g/mol. The fourth-order valence-corrected chi connectivity index (χ4v) is 3.97.